The van der Waals surface area contributed by atoms with Crippen LogP contribution >= 0.6 is 0 Å². The second-order valence-corrected chi connectivity index (χ2v) is 7.37. The number of hydrogen-bond donors (Lipinski definition) is 2. The van der Waals surface area contributed by atoms with Crippen molar-refractivity contribution in [3.05, 3.63) is 18.2 Å². The van der Waals surface area contributed by atoms with Crippen LogP contribution < -0.4 is 0 Å². The molecule has 2 atom stereocenters. The molecule has 1 aliphatic carbocycles. The van der Waals surface area contributed by atoms with E-state index in [0.29, 0.717) is 5.75 Å². The standard InChI is InChI=1S/C14H18O2S/c15-12-5-6-13(16)14(7-12)17-8-10-3-1-2-4-11(10)9-17/h5-7,10-11H,1-4,8-9H2,(H-,15,16)/p+1. The average Bonchev–Trinajstić information content (AvgIpc) is 2.75. The van der Waals surface area contributed by atoms with E-state index in [1.165, 1.54) is 37.2 Å². The average molecular weight is 251 g/mol. The topological polar surface area (TPSA) is 40.5 Å². The van der Waals surface area contributed by atoms with Crippen LogP contribution in [0.3, 0.4) is 0 Å². The van der Waals surface area contributed by atoms with Gasteiger partial charge in [-0.15, -0.1) is 0 Å². The third-order valence-corrected chi connectivity index (χ3v) is 6.76. The minimum atomic E-state index is 0.158. The van der Waals surface area contributed by atoms with Gasteiger partial charge in [0, 0.05) is 28.8 Å². The summed E-state index contributed by atoms with van der Waals surface area (Å²) in [6, 6.07) is 4.95. The molecule has 0 bridgehead atoms. The van der Waals surface area contributed by atoms with E-state index in [-0.39, 0.29) is 16.6 Å². The highest BCUT2D eigenvalue weighted by Gasteiger charge is 2.44. The van der Waals surface area contributed by atoms with Crippen LogP contribution in [0, 0.1) is 11.8 Å². The van der Waals surface area contributed by atoms with Gasteiger partial charge in [-0.2, -0.15) is 0 Å². The maximum Gasteiger partial charge on any atom is 0.200 e. The summed E-state index contributed by atoms with van der Waals surface area (Å²) in [7, 11) is 0.158. The molecule has 17 heavy (non-hydrogen) atoms. The van der Waals surface area contributed by atoms with Crippen molar-refractivity contribution in [3.8, 4) is 11.5 Å². The summed E-state index contributed by atoms with van der Waals surface area (Å²) in [4.78, 5) is 0.986. The Morgan fingerprint density at radius 3 is 2.29 bits per heavy atom. The zero-order valence-corrected chi connectivity index (χ0v) is 10.7. The van der Waals surface area contributed by atoms with Gasteiger partial charge in [0.25, 0.3) is 0 Å². The molecule has 2 fully saturated rings. The number of phenolic OH excluding ortho intramolecular Hbond substituents is 2. The summed E-state index contributed by atoms with van der Waals surface area (Å²) in [6.07, 6.45) is 5.50. The molecule has 92 valence electrons. The Hall–Kier alpha value is -0.830. The van der Waals surface area contributed by atoms with Crippen molar-refractivity contribution >= 4 is 10.9 Å². The molecule has 3 heteroatoms. The fraction of sp³-hybridized carbons (Fsp3) is 0.571. The molecule has 1 aliphatic heterocycles. The first-order valence-electron chi connectivity index (χ1n) is 6.43. The Bertz CT molecular complexity index is 405. The minimum Gasteiger partial charge on any atom is -0.508 e. The molecule has 1 aromatic carbocycles. The molecule has 2 unspecified atom stereocenters. The molecule has 1 saturated carbocycles. The van der Waals surface area contributed by atoms with Crippen LogP contribution in [0.25, 0.3) is 0 Å². The van der Waals surface area contributed by atoms with Crippen LogP contribution in [-0.4, -0.2) is 21.7 Å². The quantitative estimate of drug-likeness (QED) is 0.595. The molecular weight excluding hydrogens is 232 g/mol. The number of rotatable bonds is 1. The van der Waals surface area contributed by atoms with Crippen molar-refractivity contribution in [3.63, 3.8) is 0 Å². The molecule has 2 N–H and O–H groups in total. The Balaban J connectivity index is 1.83. The van der Waals surface area contributed by atoms with Crippen LogP contribution in [0.15, 0.2) is 23.1 Å². The highest BCUT2D eigenvalue weighted by molar-refractivity contribution is 7.97. The lowest BCUT2D eigenvalue weighted by Crippen LogP contribution is -2.16. The molecule has 3 rings (SSSR count). The van der Waals surface area contributed by atoms with Crippen molar-refractivity contribution in [1.29, 1.82) is 0 Å². The second-order valence-electron chi connectivity index (χ2n) is 5.28. The number of phenols is 2. The van der Waals surface area contributed by atoms with Crippen LogP contribution in [0.2, 0.25) is 0 Å². The maximum atomic E-state index is 9.92. The first kappa shape index (κ1) is 11.3. The van der Waals surface area contributed by atoms with E-state index in [4.69, 9.17) is 0 Å². The van der Waals surface area contributed by atoms with Gasteiger partial charge in [-0.25, -0.2) is 0 Å². The Kier molecular flexibility index (Phi) is 2.95. The molecule has 0 amide bonds. The van der Waals surface area contributed by atoms with Crippen LogP contribution in [0.4, 0.5) is 0 Å². The van der Waals surface area contributed by atoms with Gasteiger partial charge in [0.1, 0.15) is 17.3 Å². The zero-order chi connectivity index (χ0) is 11.8. The summed E-state index contributed by atoms with van der Waals surface area (Å²) in [6.45, 7) is 0. The Morgan fingerprint density at radius 2 is 1.65 bits per heavy atom. The zero-order valence-electron chi connectivity index (χ0n) is 9.93. The normalized spacial score (nSPS) is 32.4. The van der Waals surface area contributed by atoms with Crippen molar-refractivity contribution in [2.75, 3.05) is 11.5 Å². The highest BCUT2D eigenvalue weighted by atomic mass is 32.2. The molecule has 2 aliphatic rings. The number of hydrogen-bond acceptors (Lipinski definition) is 2. The van der Waals surface area contributed by atoms with E-state index in [9.17, 15) is 10.2 Å². The molecule has 0 radical (unpaired) electrons. The van der Waals surface area contributed by atoms with Crippen LogP contribution in [-0.2, 0) is 10.9 Å². The Morgan fingerprint density at radius 1 is 1.00 bits per heavy atom. The summed E-state index contributed by atoms with van der Waals surface area (Å²) < 4.78 is 0. The fourth-order valence-electron chi connectivity index (χ4n) is 3.22. The van der Waals surface area contributed by atoms with E-state index < -0.39 is 0 Å². The number of fused-ring (bicyclic) bond motifs is 1. The van der Waals surface area contributed by atoms with Gasteiger partial charge in [0.15, 0.2) is 10.6 Å². The van der Waals surface area contributed by atoms with Crippen LogP contribution in [0.1, 0.15) is 25.7 Å². The first-order chi connectivity index (χ1) is 8.24. The van der Waals surface area contributed by atoms with E-state index in [1.54, 1.807) is 18.2 Å². The predicted molar refractivity (Wildman–Crippen MR) is 70.6 cm³/mol. The fourth-order valence-corrected chi connectivity index (χ4v) is 6.28. The SMILES string of the molecule is Oc1ccc(O)c([S+]2CC3CCCCC3C2)c1. The van der Waals surface area contributed by atoms with Crippen molar-refractivity contribution in [1.82, 2.24) is 0 Å². The van der Waals surface area contributed by atoms with E-state index in [1.807, 2.05) is 0 Å². The van der Waals surface area contributed by atoms with Crippen molar-refractivity contribution < 1.29 is 10.2 Å². The molecular formula is C14H19O2S+. The smallest absolute Gasteiger partial charge is 0.200 e. The highest BCUT2D eigenvalue weighted by Crippen LogP contribution is 2.43. The molecule has 2 nitrogen and oxygen atoms in total. The lowest BCUT2D eigenvalue weighted by Gasteiger charge is -2.20. The summed E-state index contributed by atoms with van der Waals surface area (Å²) in [5.41, 5.74) is 0. The minimum absolute atomic E-state index is 0.158. The van der Waals surface area contributed by atoms with Gasteiger partial charge in [-0.3, -0.25) is 0 Å². The summed E-state index contributed by atoms with van der Waals surface area (Å²) in [5.74, 6) is 4.83. The van der Waals surface area contributed by atoms with E-state index in [0.717, 1.165) is 16.7 Å². The number of aromatic hydroxyl groups is 2. The van der Waals surface area contributed by atoms with Crippen molar-refractivity contribution in [2.24, 2.45) is 11.8 Å². The van der Waals surface area contributed by atoms with Gasteiger partial charge < -0.3 is 10.2 Å². The molecule has 0 aromatic heterocycles. The second kappa shape index (κ2) is 4.45. The van der Waals surface area contributed by atoms with Crippen LogP contribution in [0.5, 0.6) is 11.5 Å². The summed E-state index contributed by atoms with van der Waals surface area (Å²) >= 11 is 0. The van der Waals surface area contributed by atoms with Gasteiger partial charge in [-0.1, -0.05) is 12.8 Å². The van der Waals surface area contributed by atoms with Crippen molar-refractivity contribution in [2.45, 2.75) is 30.6 Å². The molecule has 1 saturated heterocycles. The third-order valence-electron chi connectivity index (χ3n) is 4.15. The van der Waals surface area contributed by atoms with Gasteiger partial charge >= 0.3 is 0 Å². The van der Waals surface area contributed by atoms with Gasteiger partial charge in [-0.05, 0) is 25.0 Å². The molecule has 1 heterocycles. The first-order valence-corrected chi connectivity index (χ1v) is 8.00. The number of benzene rings is 1. The lowest BCUT2D eigenvalue weighted by atomic mass is 9.82. The largest absolute Gasteiger partial charge is 0.508 e. The lowest BCUT2D eigenvalue weighted by molar-refractivity contribution is 0.299. The molecule has 0 spiro atoms. The monoisotopic (exact) mass is 251 g/mol. The Labute approximate surface area is 105 Å². The maximum absolute atomic E-state index is 9.92. The van der Waals surface area contributed by atoms with E-state index >= 15 is 0 Å². The molecule has 1 aromatic rings. The summed E-state index contributed by atoms with van der Waals surface area (Å²) in [5, 5.41) is 19.5. The third kappa shape index (κ3) is 2.13. The predicted octanol–water partition coefficient (Wildman–Crippen LogP) is 2.90. The van der Waals surface area contributed by atoms with E-state index in [2.05, 4.69) is 0 Å². The van der Waals surface area contributed by atoms with Gasteiger partial charge in [0.2, 0.25) is 0 Å². The van der Waals surface area contributed by atoms with Gasteiger partial charge in [0.05, 0.1) is 0 Å².